The molecule has 2 aliphatic rings. The van der Waals surface area contributed by atoms with Gasteiger partial charge in [0.15, 0.2) is 0 Å². The third-order valence-corrected chi connectivity index (χ3v) is 8.86. The number of hydrogen-bond donors (Lipinski definition) is 8. The van der Waals surface area contributed by atoms with Crippen molar-refractivity contribution in [1.29, 1.82) is 0 Å². The minimum absolute atomic E-state index is 0.0256. The van der Waals surface area contributed by atoms with Crippen LogP contribution in [-0.2, 0) is 49.6 Å². The Hall–Kier alpha value is -5.59. The number of nitrogens with two attached hydrogens (primary N) is 2. The third kappa shape index (κ3) is 11.7. The summed E-state index contributed by atoms with van der Waals surface area (Å²) in [6, 6.07) is 0.598. The van der Waals surface area contributed by atoms with Crippen molar-refractivity contribution in [2.75, 3.05) is 13.1 Å². The summed E-state index contributed by atoms with van der Waals surface area (Å²) in [5.74, 6) is -8.95. The van der Waals surface area contributed by atoms with Gasteiger partial charge in [-0.1, -0.05) is 30.3 Å². The average Bonchev–Trinajstić information content (AvgIpc) is 3.79. The molecule has 1 aromatic carbocycles. The Morgan fingerprint density at radius 3 is 1.75 bits per heavy atom. The van der Waals surface area contributed by atoms with Crippen molar-refractivity contribution in [3.63, 3.8) is 0 Å². The molecule has 2 saturated heterocycles. The fourth-order valence-electron chi connectivity index (χ4n) is 6.22. The predicted octanol–water partition coefficient (Wildman–Crippen LogP) is -2.32. The smallest absolute Gasteiger partial charge is 0.326 e. The number of carbonyl (C=O) groups excluding carboxylic acids is 6. The zero-order valence-electron chi connectivity index (χ0n) is 28.4. The molecule has 1 aromatic rings. The van der Waals surface area contributed by atoms with Gasteiger partial charge in [0.2, 0.25) is 35.4 Å². The van der Waals surface area contributed by atoms with Crippen LogP contribution in [0, 0.1) is 0 Å². The third-order valence-electron chi connectivity index (χ3n) is 8.86. The lowest BCUT2D eigenvalue weighted by Gasteiger charge is -2.31. The SMILES string of the molecule is NC(=O)C[C@H](NC(=O)[C@H](CCC(=O)O)NC(=O)[C@@H]1CCCN1C(=O)[C@@H](N)CCC(=O)O)C(=O)N1CCC[C@H]1C(=O)N[C@@H](Cc1ccccc1)C(=O)O. The summed E-state index contributed by atoms with van der Waals surface area (Å²) >= 11 is 0. The average molecular weight is 732 g/mol. The Balaban J connectivity index is 1.75. The Bertz CT molecular complexity index is 1520. The van der Waals surface area contributed by atoms with Gasteiger partial charge in [-0.15, -0.1) is 0 Å². The zero-order chi connectivity index (χ0) is 38.5. The summed E-state index contributed by atoms with van der Waals surface area (Å²) < 4.78 is 0. The number of hydrogen-bond acceptors (Lipinski definition) is 10. The van der Waals surface area contributed by atoms with Gasteiger partial charge in [0.1, 0.15) is 30.2 Å². The number of rotatable bonds is 19. The molecule has 19 nitrogen and oxygen atoms in total. The maximum absolute atomic E-state index is 13.8. The standard InChI is InChI=1S/C33H45N7O12/c34-19(10-12-26(42)43)31(49)39-14-4-8-23(39)29(47)36-20(11-13-27(44)45)28(46)37-21(17-25(35)41)32(50)40-15-5-9-24(40)30(48)38-22(33(51)52)16-18-6-2-1-3-7-18/h1-3,6-7,19-24H,4-5,8-17,34H2,(H2,35,41)(H,36,47)(H,37,46)(H,38,48)(H,42,43)(H,44,45)(H,51,52)/t19-,20-,21-,22-,23-,24-/m0/s1. The van der Waals surface area contributed by atoms with Gasteiger partial charge in [0, 0.05) is 32.4 Å². The van der Waals surface area contributed by atoms with E-state index in [4.69, 9.17) is 16.6 Å². The maximum atomic E-state index is 13.8. The fourth-order valence-corrected chi connectivity index (χ4v) is 6.22. The highest BCUT2D eigenvalue weighted by Gasteiger charge is 2.41. The van der Waals surface area contributed by atoms with E-state index in [1.165, 1.54) is 4.90 Å². The number of primary amides is 1. The van der Waals surface area contributed by atoms with Gasteiger partial charge in [0.25, 0.3) is 0 Å². The molecule has 52 heavy (non-hydrogen) atoms. The van der Waals surface area contributed by atoms with E-state index in [-0.39, 0.29) is 45.2 Å². The summed E-state index contributed by atoms with van der Waals surface area (Å²) in [4.78, 5) is 116. The Labute approximate surface area is 298 Å². The number of benzene rings is 1. The van der Waals surface area contributed by atoms with E-state index in [9.17, 15) is 53.4 Å². The summed E-state index contributed by atoms with van der Waals surface area (Å²) in [6.45, 7) is 0.153. The number of nitrogens with one attached hydrogen (secondary N) is 3. The molecule has 0 aliphatic carbocycles. The molecule has 6 amide bonds. The molecular weight excluding hydrogens is 686 g/mol. The van der Waals surface area contributed by atoms with Gasteiger partial charge in [-0.2, -0.15) is 0 Å². The number of carboxylic acids is 3. The van der Waals surface area contributed by atoms with Crippen molar-refractivity contribution in [3.05, 3.63) is 35.9 Å². The Morgan fingerprint density at radius 1 is 0.712 bits per heavy atom. The second-order valence-electron chi connectivity index (χ2n) is 12.7. The number of likely N-dealkylation sites (tertiary alicyclic amines) is 2. The first-order valence-electron chi connectivity index (χ1n) is 16.8. The van der Waals surface area contributed by atoms with Crippen molar-refractivity contribution in [2.24, 2.45) is 11.5 Å². The predicted molar refractivity (Wildman–Crippen MR) is 179 cm³/mol. The second-order valence-corrected chi connectivity index (χ2v) is 12.7. The molecule has 6 atom stereocenters. The van der Waals surface area contributed by atoms with Gasteiger partial charge in [-0.25, -0.2) is 4.79 Å². The van der Waals surface area contributed by atoms with E-state index >= 15 is 0 Å². The Morgan fingerprint density at radius 2 is 1.23 bits per heavy atom. The highest BCUT2D eigenvalue weighted by Crippen LogP contribution is 2.22. The Kier molecular flexibility index (Phi) is 15.0. The molecule has 3 rings (SSSR count). The molecule has 0 spiro atoms. The largest absolute Gasteiger partial charge is 0.481 e. The first-order chi connectivity index (χ1) is 24.6. The van der Waals surface area contributed by atoms with Gasteiger partial charge < -0.3 is 52.5 Å². The minimum atomic E-state index is -1.64. The molecule has 284 valence electrons. The highest BCUT2D eigenvalue weighted by atomic mass is 16.4. The van der Waals surface area contributed by atoms with Crippen LogP contribution in [0.4, 0.5) is 0 Å². The van der Waals surface area contributed by atoms with Crippen LogP contribution in [0.1, 0.15) is 63.4 Å². The van der Waals surface area contributed by atoms with Crippen molar-refractivity contribution in [2.45, 2.75) is 100 Å². The summed E-state index contributed by atoms with van der Waals surface area (Å²) in [5, 5.41) is 35.2. The molecule has 0 aromatic heterocycles. The van der Waals surface area contributed by atoms with Crippen LogP contribution in [0.3, 0.4) is 0 Å². The van der Waals surface area contributed by atoms with Crippen LogP contribution in [0.15, 0.2) is 30.3 Å². The van der Waals surface area contributed by atoms with Crippen LogP contribution in [0.25, 0.3) is 0 Å². The summed E-state index contributed by atoms with van der Waals surface area (Å²) in [7, 11) is 0. The molecule has 0 radical (unpaired) electrons. The molecule has 19 heteroatoms. The van der Waals surface area contributed by atoms with Crippen LogP contribution in [0.2, 0.25) is 0 Å². The van der Waals surface area contributed by atoms with Crippen LogP contribution >= 0.6 is 0 Å². The topological polar surface area (TPSA) is 309 Å². The first-order valence-corrected chi connectivity index (χ1v) is 16.8. The van der Waals surface area contributed by atoms with E-state index < -0.39 is 109 Å². The summed E-state index contributed by atoms with van der Waals surface area (Å²) in [5.41, 5.74) is 11.9. The molecule has 0 bridgehead atoms. The summed E-state index contributed by atoms with van der Waals surface area (Å²) in [6.07, 6.45) is -1.29. The van der Waals surface area contributed by atoms with Gasteiger partial charge in [0.05, 0.1) is 12.5 Å². The van der Waals surface area contributed by atoms with E-state index in [1.807, 2.05) is 0 Å². The van der Waals surface area contributed by atoms with Crippen LogP contribution in [-0.4, -0.2) is 128 Å². The number of carboxylic acid groups (broad SMARTS) is 3. The quantitative estimate of drug-likeness (QED) is 0.0742. The van der Waals surface area contributed by atoms with Gasteiger partial charge in [-0.3, -0.25) is 38.4 Å². The molecule has 2 heterocycles. The molecule has 2 aliphatic heterocycles. The van der Waals surface area contributed by atoms with Crippen molar-refractivity contribution in [3.8, 4) is 0 Å². The minimum Gasteiger partial charge on any atom is -0.481 e. The normalized spacial score (nSPS) is 19.1. The maximum Gasteiger partial charge on any atom is 0.326 e. The lowest BCUT2D eigenvalue weighted by molar-refractivity contribution is -0.145. The molecular formula is C33H45N7O12. The zero-order valence-corrected chi connectivity index (χ0v) is 28.4. The van der Waals surface area contributed by atoms with Crippen molar-refractivity contribution < 1.29 is 58.5 Å². The molecule has 10 N–H and O–H groups in total. The van der Waals surface area contributed by atoms with Crippen LogP contribution < -0.4 is 27.4 Å². The fraction of sp³-hybridized carbons (Fsp3) is 0.545. The number of carbonyl (C=O) groups is 9. The first kappa shape index (κ1) is 40.8. The lowest BCUT2D eigenvalue weighted by atomic mass is 10.0. The second kappa shape index (κ2) is 19.1. The monoisotopic (exact) mass is 731 g/mol. The van der Waals surface area contributed by atoms with Crippen molar-refractivity contribution in [1.82, 2.24) is 25.8 Å². The number of aliphatic carboxylic acids is 3. The number of nitrogens with zero attached hydrogens (tertiary/aromatic N) is 2. The van der Waals surface area contributed by atoms with E-state index in [2.05, 4.69) is 16.0 Å². The van der Waals surface area contributed by atoms with Gasteiger partial charge in [-0.05, 0) is 44.1 Å². The van der Waals surface area contributed by atoms with E-state index in [1.54, 1.807) is 30.3 Å². The molecule has 0 saturated carbocycles. The van der Waals surface area contributed by atoms with Crippen LogP contribution in [0.5, 0.6) is 0 Å². The van der Waals surface area contributed by atoms with E-state index in [0.717, 1.165) is 4.90 Å². The number of amides is 6. The molecule has 2 fully saturated rings. The van der Waals surface area contributed by atoms with Gasteiger partial charge >= 0.3 is 17.9 Å². The van der Waals surface area contributed by atoms with E-state index in [0.29, 0.717) is 18.4 Å². The highest BCUT2D eigenvalue weighted by molar-refractivity contribution is 5.98. The molecule has 0 unspecified atom stereocenters. The lowest BCUT2D eigenvalue weighted by Crippen LogP contribution is -2.59. The van der Waals surface area contributed by atoms with Crippen molar-refractivity contribution >= 4 is 53.4 Å².